The molecule has 4 nitrogen and oxygen atoms in total. The molecule has 1 heterocycles. The molecular formula is C14H22N4. The van der Waals surface area contributed by atoms with Gasteiger partial charge in [0, 0.05) is 11.6 Å². The number of fused-ring (bicyclic) bond motifs is 2. The molecule has 2 saturated carbocycles. The first-order valence-corrected chi connectivity index (χ1v) is 7.02. The second-order valence-electron chi connectivity index (χ2n) is 6.10. The average molecular weight is 246 g/mol. The minimum absolute atomic E-state index is 0.354. The van der Waals surface area contributed by atoms with Crippen LogP contribution in [0.5, 0.6) is 0 Å². The molecule has 18 heavy (non-hydrogen) atoms. The molecule has 2 fully saturated rings. The largest absolute Gasteiger partial charge is 0.383 e. The van der Waals surface area contributed by atoms with Crippen molar-refractivity contribution in [1.29, 1.82) is 0 Å². The third-order valence-electron chi connectivity index (χ3n) is 4.55. The molecule has 0 spiro atoms. The number of nitrogens with zero attached hydrogens (tertiary/aromatic N) is 2. The topological polar surface area (TPSA) is 63.8 Å². The quantitative estimate of drug-likeness (QED) is 0.860. The van der Waals surface area contributed by atoms with E-state index in [1.54, 1.807) is 6.33 Å². The highest BCUT2D eigenvalue weighted by Gasteiger charge is 2.39. The Morgan fingerprint density at radius 3 is 2.72 bits per heavy atom. The maximum Gasteiger partial charge on any atom is 0.135 e. The SMILES string of the molecule is CC(C)c1c(N)ncnc1NC1CC2CCC1C2. The number of nitrogens with one attached hydrogen (secondary N) is 1. The van der Waals surface area contributed by atoms with Crippen LogP contribution in [0.3, 0.4) is 0 Å². The van der Waals surface area contributed by atoms with Gasteiger partial charge in [-0.2, -0.15) is 0 Å². The second kappa shape index (κ2) is 4.41. The molecule has 0 amide bonds. The van der Waals surface area contributed by atoms with Gasteiger partial charge in [0.05, 0.1) is 0 Å². The van der Waals surface area contributed by atoms with Gasteiger partial charge in [-0.05, 0) is 37.0 Å². The van der Waals surface area contributed by atoms with Crippen LogP contribution in [-0.4, -0.2) is 16.0 Å². The lowest BCUT2D eigenvalue weighted by Crippen LogP contribution is -2.27. The van der Waals surface area contributed by atoms with E-state index in [0.717, 1.165) is 23.2 Å². The number of rotatable bonds is 3. The molecular weight excluding hydrogens is 224 g/mol. The molecule has 0 aliphatic heterocycles. The van der Waals surface area contributed by atoms with E-state index in [1.165, 1.54) is 25.7 Å². The van der Waals surface area contributed by atoms with Gasteiger partial charge >= 0.3 is 0 Å². The van der Waals surface area contributed by atoms with Crippen LogP contribution >= 0.6 is 0 Å². The Balaban J connectivity index is 1.82. The van der Waals surface area contributed by atoms with E-state index in [1.807, 2.05) is 0 Å². The first-order valence-electron chi connectivity index (χ1n) is 7.02. The van der Waals surface area contributed by atoms with Crippen LogP contribution in [0.25, 0.3) is 0 Å². The van der Waals surface area contributed by atoms with Crippen LogP contribution in [0, 0.1) is 11.8 Å². The van der Waals surface area contributed by atoms with Crippen molar-refractivity contribution in [1.82, 2.24) is 9.97 Å². The van der Waals surface area contributed by atoms with Crippen molar-refractivity contribution in [3.8, 4) is 0 Å². The molecule has 2 bridgehead atoms. The van der Waals surface area contributed by atoms with Gasteiger partial charge in [-0.25, -0.2) is 9.97 Å². The fourth-order valence-corrected chi connectivity index (χ4v) is 3.69. The van der Waals surface area contributed by atoms with Gasteiger partial charge in [-0.3, -0.25) is 0 Å². The molecule has 1 aromatic rings. The highest BCUT2D eigenvalue weighted by atomic mass is 15.1. The molecule has 4 heteroatoms. The molecule has 98 valence electrons. The van der Waals surface area contributed by atoms with Crippen molar-refractivity contribution in [2.75, 3.05) is 11.1 Å². The normalized spacial score (nSPS) is 30.1. The van der Waals surface area contributed by atoms with Crippen molar-refractivity contribution in [3.63, 3.8) is 0 Å². The molecule has 3 rings (SSSR count). The number of anilines is 2. The number of aromatic nitrogens is 2. The summed E-state index contributed by atoms with van der Waals surface area (Å²) in [7, 11) is 0. The lowest BCUT2D eigenvalue weighted by atomic mass is 9.95. The molecule has 0 saturated heterocycles. The van der Waals surface area contributed by atoms with E-state index < -0.39 is 0 Å². The summed E-state index contributed by atoms with van der Waals surface area (Å²) in [5.74, 6) is 3.70. The lowest BCUT2D eigenvalue weighted by molar-refractivity contribution is 0.438. The van der Waals surface area contributed by atoms with E-state index in [9.17, 15) is 0 Å². The highest BCUT2D eigenvalue weighted by Crippen LogP contribution is 2.45. The Morgan fingerprint density at radius 2 is 2.11 bits per heavy atom. The number of nitrogens with two attached hydrogens (primary N) is 1. The van der Waals surface area contributed by atoms with Gasteiger partial charge in [-0.15, -0.1) is 0 Å². The summed E-state index contributed by atoms with van der Waals surface area (Å²) in [6.07, 6.45) is 7.06. The Morgan fingerprint density at radius 1 is 1.28 bits per heavy atom. The summed E-state index contributed by atoms with van der Waals surface area (Å²) in [4.78, 5) is 8.52. The third-order valence-corrected chi connectivity index (χ3v) is 4.55. The number of nitrogen functional groups attached to an aromatic ring is 1. The van der Waals surface area contributed by atoms with E-state index in [4.69, 9.17) is 5.73 Å². The summed E-state index contributed by atoms with van der Waals surface area (Å²) < 4.78 is 0. The van der Waals surface area contributed by atoms with Crippen LogP contribution in [0.2, 0.25) is 0 Å². The van der Waals surface area contributed by atoms with Crippen LogP contribution < -0.4 is 11.1 Å². The maximum atomic E-state index is 5.98. The fraction of sp³-hybridized carbons (Fsp3) is 0.714. The molecule has 3 N–H and O–H groups in total. The van der Waals surface area contributed by atoms with E-state index in [-0.39, 0.29) is 0 Å². The summed E-state index contributed by atoms with van der Waals surface area (Å²) >= 11 is 0. The standard InChI is InChI=1S/C14H22N4/c1-8(2)12-13(15)16-7-17-14(12)18-11-6-9-3-4-10(11)5-9/h7-11H,3-6H2,1-2H3,(H3,15,16,17,18). The Hall–Kier alpha value is -1.32. The van der Waals surface area contributed by atoms with Gasteiger partial charge in [-0.1, -0.05) is 20.3 Å². The monoisotopic (exact) mass is 246 g/mol. The lowest BCUT2D eigenvalue weighted by Gasteiger charge is -2.25. The molecule has 2 aliphatic carbocycles. The second-order valence-corrected chi connectivity index (χ2v) is 6.10. The van der Waals surface area contributed by atoms with Crippen molar-refractivity contribution < 1.29 is 0 Å². The predicted octanol–water partition coefficient (Wildman–Crippen LogP) is 2.78. The summed E-state index contributed by atoms with van der Waals surface area (Å²) in [5, 5.41) is 3.63. The van der Waals surface area contributed by atoms with Gasteiger partial charge in [0.25, 0.3) is 0 Å². The summed E-state index contributed by atoms with van der Waals surface area (Å²) in [6.45, 7) is 4.28. The van der Waals surface area contributed by atoms with Gasteiger partial charge in [0.1, 0.15) is 18.0 Å². The van der Waals surface area contributed by atoms with Gasteiger partial charge in [0.2, 0.25) is 0 Å². The van der Waals surface area contributed by atoms with Gasteiger partial charge < -0.3 is 11.1 Å². The zero-order valence-electron chi connectivity index (χ0n) is 11.2. The molecule has 3 unspecified atom stereocenters. The zero-order chi connectivity index (χ0) is 12.7. The van der Waals surface area contributed by atoms with Crippen molar-refractivity contribution >= 4 is 11.6 Å². The smallest absolute Gasteiger partial charge is 0.135 e. The zero-order valence-corrected chi connectivity index (χ0v) is 11.2. The van der Waals surface area contributed by atoms with Crippen LogP contribution in [-0.2, 0) is 0 Å². The third kappa shape index (κ3) is 1.93. The minimum atomic E-state index is 0.354. The maximum absolute atomic E-state index is 5.98. The fourth-order valence-electron chi connectivity index (χ4n) is 3.69. The van der Waals surface area contributed by atoms with E-state index >= 15 is 0 Å². The Labute approximate surface area is 108 Å². The minimum Gasteiger partial charge on any atom is -0.383 e. The molecule has 3 atom stereocenters. The molecule has 1 aromatic heterocycles. The first-order chi connectivity index (χ1) is 8.65. The van der Waals surface area contributed by atoms with Crippen LogP contribution in [0.15, 0.2) is 6.33 Å². The van der Waals surface area contributed by atoms with Gasteiger partial charge in [0.15, 0.2) is 0 Å². The summed E-state index contributed by atoms with van der Waals surface area (Å²) in [6, 6.07) is 0.593. The molecule has 0 radical (unpaired) electrons. The number of hydrogen-bond donors (Lipinski definition) is 2. The van der Waals surface area contributed by atoms with Crippen molar-refractivity contribution in [2.45, 2.75) is 51.5 Å². The average Bonchev–Trinajstić information content (AvgIpc) is 2.90. The molecule has 2 aliphatic rings. The number of hydrogen-bond acceptors (Lipinski definition) is 4. The van der Waals surface area contributed by atoms with E-state index in [0.29, 0.717) is 17.8 Å². The predicted molar refractivity (Wildman–Crippen MR) is 73.4 cm³/mol. The van der Waals surface area contributed by atoms with E-state index in [2.05, 4.69) is 29.1 Å². The highest BCUT2D eigenvalue weighted by molar-refractivity contribution is 5.57. The Bertz CT molecular complexity index is 443. The summed E-state index contributed by atoms with van der Waals surface area (Å²) in [5.41, 5.74) is 7.05. The van der Waals surface area contributed by atoms with Crippen molar-refractivity contribution in [3.05, 3.63) is 11.9 Å². The van der Waals surface area contributed by atoms with Crippen molar-refractivity contribution in [2.24, 2.45) is 11.8 Å². The van der Waals surface area contributed by atoms with Crippen LogP contribution in [0.1, 0.15) is 51.0 Å². The van der Waals surface area contributed by atoms with Crippen LogP contribution in [0.4, 0.5) is 11.6 Å². The first kappa shape index (κ1) is 11.8. The molecule has 0 aromatic carbocycles. The Kier molecular flexibility index (Phi) is 2.88.